The second kappa shape index (κ2) is 8.44. The maximum atomic E-state index is 12.6. The highest BCUT2D eigenvalue weighted by Gasteiger charge is 2.17. The zero-order valence-electron chi connectivity index (χ0n) is 15.7. The second-order valence-electron chi connectivity index (χ2n) is 6.54. The lowest BCUT2D eigenvalue weighted by Gasteiger charge is -2.20. The molecule has 0 unspecified atom stereocenters. The van der Waals surface area contributed by atoms with E-state index in [-0.39, 0.29) is 11.6 Å². The molecule has 0 radical (unpaired) electrons. The van der Waals surface area contributed by atoms with Gasteiger partial charge in [-0.05, 0) is 36.9 Å². The van der Waals surface area contributed by atoms with Crippen molar-refractivity contribution in [2.24, 2.45) is 0 Å². The van der Waals surface area contributed by atoms with Crippen LogP contribution >= 0.6 is 0 Å². The summed E-state index contributed by atoms with van der Waals surface area (Å²) in [5.41, 5.74) is 1.39. The monoisotopic (exact) mass is 403 g/mol. The maximum absolute atomic E-state index is 12.6. The molecular formula is C20H19F2N3O4. The van der Waals surface area contributed by atoms with Gasteiger partial charge in [-0.3, -0.25) is 4.90 Å². The van der Waals surface area contributed by atoms with E-state index in [0.29, 0.717) is 37.8 Å². The van der Waals surface area contributed by atoms with Gasteiger partial charge in [-0.15, -0.1) is 0 Å². The van der Waals surface area contributed by atoms with Crippen LogP contribution < -0.4 is 14.2 Å². The van der Waals surface area contributed by atoms with E-state index in [0.717, 1.165) is 17.1 Å². The molecule has 0 spiro atoms. The van der Waals surface area contributed by atoms with Crippen molar-refractivity contribution in [3.05, 3.63) is 53.9 Å². The SMILES string of the molecule is CN(Cc1ccc2c(c1)OCCO2)Cc1nc(-c2ccccc2OC(F)F)no1. The molecule has 4 rings (SSSR count). The Morgan fingerprint density at radius 1 is 1.07 bits per heavy atom. The molecule has 0 bridgehead atoms. The largest absolute Gasteiger partial charge is 0.486 e. The van der Waals surface area contributed by atoms with Crippen molar-refractivity contribution in [3.8, 4) is 28.6 Å². The molecule has 0 saturated heterocycles. The van der Waals surface area contributed by atoms with Crippen molar-refractivity contribution in [3.63, 3.8) is 0 Å². The molecule has 152 valence electrons. The average Bonchev–Trinajstić information content (AvgIpc) is 3.16. The summed E-state index contributed by atoms with van der Waals surface area (Å²) in [6.45, 7) is -0.830. The Kier molecular flexibility index (Phi) is 5.57. The highest BCUT2D eigenvalue weighted by atomic mass is 19.3. The lowest BCUT2D eigenvalue weighted by molar-refractivity contribution is -0.0494. The minimum Gasteiger partial charge on any atom is -0.486 e. The van der Waals surface area contributed by atoms with Gasteiger partial charge in [0.15, 0.2) is 11.5 Å². The fraction of sp³-hybridized carbons (Fsp3) is 0.300. The normalized spacial score (nSPS) is 13.1. The van der Waals surface area contributed by atoms with Crippen LogP contribution in [0.5, 0.6) is 17.2 Å². The van der Waals surface area contributed by atoms with Crippen molar-refractivity contribution in [2.45, 2.75) is 19.7 Å². The van der Waals surface area contributed by atoms with E-state index in [4.69, 9.17) is 14.0 Å². The Morgan fingerprint density at radius 3 is 2.69 bits per heavy atom. The standard InChI is InChI=1S/C20H19F2N3O4/c1-25(11-13-6-7-16-17(10-13)27-9-8-26-16)12-18-23-19(24-29-18)14-4-2-3-5-15(14)28-20(21)22/h2-7,10,20H,8-9,11-12H2,1H3. The Morgan fingerprint density at radius 2 is 1.86 bits per heavy atom. The predicted octanol–water partition coefficient (Wildman–Crippen LogP) is 3.74. The molecule has 2 heterocycles. The summed E-state index contributed by atoms with van der Waals surface area (Å²) >= 11 is 0. The molecule has 0 saturated carbocycles. The molecule has 3 aromatic rings. The number of benzene rings is 2. The Bertz CT molecular complexity index is 980. The minimum absolute atomic E-state index is 0.000479. The number of hydrogen-bond donors (Lipinski definition) is 0. The minimum atomic E-state index is -2.93. The fourth-order valence-corrected chi connectivity index (χ4v) is 3.06. The first-order chi connectivity index (χ1) is 14.1. The van der Waals surface area contributed by atoms with Gasteiger partial charge in [-0.1, -0.05) is 23.4 Å². The number of nitrogens with zero attached hydrogens (tertiary/aromatic N) is 3. The summed E-state index contributed by atoms with van der Waals surface area (Å²) in [7, 11) is 1.91. The van der Waals surface area contributed by atoms with Crippen LogP contribution in [-0.2, 0) is 13.1 Å². The Hall–Kier alpha value is -3.20. The molecule has 1 aliphatic heterocycles. The van der Waals surface area contributed by atoms with Gasteiger partial charge < -0.3 is 18.7 Å². The van der Waals surface area contributed by atoms with Gasteiger partial charge in [0.1, 0.15) is 19.0 Å². The average molecular weight is 403 g/mol. The summed E-state index contributed by atoms with van der Waals surface area (Å²) in [4.78, 5) is 6.30. The first kappa shape index (κ1) is 19.1. The lowest BCUT2D eigenvalue weighted by Crippen LogP contribution is -2.19. The fourth-order valence-electron chi connectivity index (χ4n) is 3.06. The topological polar surface area (TPSA) is 69.9 Å². The number of rotatable bonds is 7. The molecule has 9 heteroatoms. The lowest BCUT2D eigenvalue weighted by atomic mass is 10.2. The second-order valence-corrected chi connectivity index (χ2v) is 6.54. The van der Waals surface area contributed by atoms with Gasteiger partial charge in [0, 0.05) is 6.54 Å². The third-order valence-electron chi connectivity index (χ3n) is 4.28. The molecule has 0 N–H and O–H groups in total. The van der Waals surface area contributed by atoms with E-state index < -0.39 is 6.61 Å². The van der Waals surface area contributed by atoms with Crippen LogP contribution in [0, 0.1) is 0 Å². The summed E-state index contributed by atoms with van der Waals surface area (Å²) < 4.78 is 46.1. The number of aromatic nitrogens is 2. The van der Waals surface area contributed by atoms with Crippen molar-refractivity contribution in [2.75, 3.05) is 20.3 Å². The van der Waals surface area contributed by atoms with E-state index in [1.165, 1.54) is 6.07 Å². The first-order valence-electron chi connectivity index (χ1n) is 9.02. The maximum Gasteiger partial charge on any atom is 0.387 e. The van der Waals surface area contributed by atoms with Crippen LogP contribution in [0.15, 0.2) is 47.0 Å². The molecule has 7 nitrogen and oxygen atoms in total. The summed E-state index contributed by atoms with van der Waals surface area (Å²) in [5.74, 6) is 2.04. The van der Waals surface area contributed by atoms with Crippen molar-refractivity contribution in [1.29, 1.82) is 0 Å². The van der Waals surface area contributed by atoms with Crippen molar-refractivity contribution >= 4 is 0 Å². The quantitative estimate of drug-likeness (QED) is 0.595. The Labute approximate surface area is 165 Å². The van der Waals surface area contributed by atoms with Crippen LogP contribution in [0.25, 0.3) is 11.4 Å². The van der Waals surface area contributed by atoms with E-state index in [1.54, 1.807) is 18.2 Å². The van der Waals surface area contributed by atoms with Crippen LogP contribution in [0.3, 0.4) is 0 Å². The Balaban J connectivity index is 1.43. The molecule has 0 atom stereocenters. The highest BCUT2D eigenvalue weighted by Crippen LogP contribution is 2.31. The van der Waals surface area contributed by atoms with Gasteiger partial charge in [-0.2, -0.15) is 13.8 Å². The number of para-hydroxylation sites is 1. The van der Waals surface area contributed by atoms with Crippen LogP contribution in [-0.4, -0.2) is 41.9 Å². The summed E-state index contributed by atoms with van der Waals surface area (Å²) in [6.07, 6.45) is 0. The zero-order chi connectivity index (χ0) is 20.2. The highest BCUT2D eigenvalue weighted by molar-refractivity contribution is 5.63. The number of ether oxygens (including phenoxy) is 3. The first-order valence-corrected chi connectivity index (χ1v) is 9.02. The molecule has 2 aromatic carbocycles. The summed E-state index contributed by atoms with van der Waals surface area (Å²) in [6, 6.07) is 12.1. The molecule has 0 fully saturated rings. The van der Waals surface area contributed by atoms with Crippen LogP contribution in [0.2, 0.25) is 0 Å². The summed E-state index contributed by atoms with van der Waals surface area (Å²) in [5, 5.41) is 3.90. The predicted molar refractivity (Wildman–Crippen MR) is 99.0 cm³/mol. The molecular weight excluding hydrogens is 384 g/mol. The van der Waals surface area contributed by atoms with Crippen molar-refractivity contribution < 1.29 is 27.5 Å². The van der Waals surface area contributed by atoms with Gasteiger partial charge in [0.05, 0.1) is 12.1 Å². The van der Waals surface area contributed by atoms with Gasteiger partial charge in [-0.25, -0.2) is 0 Å². The van der Waals surface area contributed by atoms with Gasteiger partial charge in [0.25, 0.3) is 0 Å². The molecule has 0 aliphatic carbocycles. The molecule has 0 amide bonds. The van der Waals surface area contributed by atoms with E-state index >= 15 is 0 Å². The van der Waals surface area contributed by atoms with Gasteiger partial charge >= 0.3 is 6.61 Å². The van der Waals surface area contributed by atoms with Crippen molar-refractivity contribution in [1.82, 2.24) is 15.0 Å². The molecule has 1 aliphatic rings. The number of fused-ring (bicyclic) bond motifs is 1. The number of alkyl halides is 2. The van der Waals surface area contributed by atoms with E-state index in [2.05, 4.69) is 14.9 Å². The van der Waals surface area contributed by atoms with Crippen LogP contribution in [0.1, 0.15) is 11.5 Å². The zero-order valence-corrected chi connectivity index (χ0v) is 15.7. The third kappa shape index (κ3) is 4.62. The molecule has 1 aromatic heterocycles. The molecule has 29 heavy (non-hydrogen) atoms. The number of hydrogen-bond acceptors (Lipinski definition) is 7. The smallest absolute Gasteiger partial charge is 0.387 e. The number of halogens is 2. The van der Waals surface area contributed by atoms with E-state index in [9.17, 15) is 8.78 Å². The van der Waals surface area contributed by atoms with Crippen LogP contribution in [0.4, 0.5) is 8.78 Å². The third-order valence-corrected chi connectivity index (χ3v) is 4.28. The van der Waals surface area contributed by atoms with Gasteiger partial charge in [0.2, 0.25) is 11.7 Å². The van der Waals surface area contributed by atoms with E-state index in [1.807, 2.05) is 30.1 Å².